The van der Waals surface area contributed by atoms with E-state index in [0.717, 1.165) is 6.42 Å². The van der Waals surface area contributed by atoms with Crippen molar-refractivity contribution in [2.75, 3.05) is 0 Å². The van der Waals surface area contributed by atoms with E-state index in [4.69, 9.17) is 6.42 Å². The van der Waals surface area contributed by atoms with Crippen LogP contribution in [0.2, 0.25) is 0 Å². The largest absolute Gasteiger partial charge is 0.119 e. The minimum Gasteiger partial charge on any atom is -0.119 e. The lowest BCUT2D eigenvalue weighted by atomic mass is 9.91. The molecule has 0 heterocycles. The van der Waals surface area contributed by atoms with E-state index < -0.39 is 0 Å². The SMILES string of the molecule is C#CC(C=C)CC(C)c1ccccc1. The lowest BCUT2D eigenvalue weighted by Gasteiger charge is -2.13. The molecule has 2 atom stereocenters. The fraction of sp³-hybridized carbons (Fsp3) is 0.286. The molecular formula is C14H16. The Morgan fingerprint density at radius 1 is 1.43 bits per heavy atom. The molecule has 72 valence electrons. The third-order valence-electron chi connectivity index (χ3n) is 2.47. The summed E-state index contributed by atoms with van der Waals surface area (Å²) in [4.78, 5) is 0. The average Bonchev–Trinajstić information content (AvgIpc) is 2.26. The number of hydrogen-bond acceptors (Lipinski definition) is 0. The Balaban J connectivity index is 2.64. The van der Waals surface area contributed by atoms with Gasteiger partial charge in [0.25, 0.3) is 0 Å². The van der Waals surface area contributed by atoms with Gasteiger partial charge in [-0.1, -0.05) is 49.3 Å². The molecule has 0 amide bonds. The predicted octanol–water partition coefficient (Wildman–Crippen LogP) is 3.62. The second-order valence-corrected chi connectivity index (χ2v) is 3.56. The number of hydrogen-bond donors (Lipinski definition) is 0. The van der Waals surface area contributed by atoms with E-state index in [1.807, 2.05) is 12.1 Å². The first-order valence-corrected chi connectivity index (χ1v) is 4.91. The third-order valence-corrected chi connectivity index (χ3v) is 2.47. The standard InChI is InChI=1S/C14H16/c1-4-13(5-2)11-12(3)14-9-7-6-8-10-14/h1,5-10,12-13H,2,11H2,3H3. The molecule has 0 aliphatic rings. The predicted molar refractivity (Wildman–Crippen MR) is 62.0 cm³/mol. The van der Waals surface area contributed by atoms with E-state index in [-0.39, 0.29) is 5.92 Å². The van der Waals surface area contributed by atoms with Gasteiger partial charge in [0.1, 0.15) is 0 Å². The molecule has 0 aliphatic carbocycles. The summed E-state index contributed by atoms with van der Waals surface area (Å²) >= 11 is 0. The van der Waals surface area contributed by atoms with Crippen LogP contribution in [0.3, 0.4) is 0 Å². The quantitative estimate of drug-likeness (QED) is 0.495. The first kappa shape index (κ1) is 10.6. The van der Waals surface area contributed by atoms with Crippen molar-refractivity contribution < 1.29 is 0 Å². The molecule has 0 nitrogen and oxygen atoms in total. The lowest BCUT2D eigenvalue weighted by molar-refractivity contribution is 0.621. The monoisotopic (exact) mass is 184 g/mol. The van der Waals surface area contributed by atoms with E-state index >= 15 is 0 Å². The fourth-order valence-electron chi connectivity index (χ4n) is 1.53. The van der Waals surface area contributed by atoms with Crippen molar-refractivity contribution in [2.24, 2.45) is 5.92 Å². The average molecular weight is 184 g/mol. The van der Waals surface area contributed by atoms with E-state index in [0.29, 0.717) is 5.92 Å². The maximum absolute atomic E-state index is 5.39. The molecular weight excluding hydrogens is 168 g/mol. The van der Waals surface area contributed by atoms with Gasteiger partial charge < -0.3 is 0 Å². The molecule has 0 aliphatic heterocycles. The van der Waals surface area contributed by atoms with Crippen LogP contribution in [0.5, 0.6) is 0 Å². The summed E-state index contributed by atoms with van der Waals surface area (Å²) in [6, 6.07) is 10.4. The molecule has 0 saturated carbocycles. The summed E-state index contributed by atoms with van der Waals surface area (Å²) in [5, 5.41) is 0. The molecule has 0 spiro atoms. The summed E-state index contributed by atoms with van der Waals surface area (Å²) in [5.74, 6) is 3.42. The highest BCUT2D eigenvalue weighted by Crippen LogP contribution is 2.23. The van der Waals surface area contributed by atoms with Gasteiger partial charge in [0, 0.05) is 5.92 Å². The molecule has 0 fully saturated rings. The van der Waals surface area contributed by atoms with Crippen LogP contribution in [0.1, 0.15) is 24.8 Å². The number of rotatable bonds is 4. The molecule has 0 N–H and O–H groups in total. The van der Waals surface area contributed by atoms with Crippen molar-refractivity contribution in [1.29, 1.82) is 0 Å². The third kappa shape index (κ3) is 2.78. The molecule has 0 bridgehead atoms. The fourth-order valence-corrected chi connectivity index (χ4v) is 1.53. The van der Waals surface area contributed by atoms with Gasteiger partial charge in [0.05, 0.1) is 0 Å². The minimum atomic E-state index is 0.185. The van der Waals surface area contributed by atoms with Crippen LogP contribution < -0.4 is 0 Å². The van der Waals surface area contributed by atoms with Crippen LogP contribution >= 0.6 is 0 Å². The molecule has 0 saturated heterocycles. The minimum absolute atomic E-state index is 0.185. The van der Waals surface area contributed by atoms with Crippen molar-refractivity contribution in [3.8, 4) is 12.3 Å². The van der Waals surface area contributed by atoms with Gasteiger partial charge in [-0.05, 0) is 17.9 Å². The smallest absolute Gasteiger partial charge is 0.0383 e. The van der Waals surface area contributed by atoms with E-state index in [9.17, 15) is 0 Å². The Morgan fingerprint density at radius 3 is 2.57 bits per heavy atom. The zero-order valence-electron chi connectivity index (χ0n) is 8.61. The first-order chi connectivity index (χ1) is 6.77. The van der Waals surface area contributed by atoms with Crippen molar-refractivity contribution in [2.45, 2.75) is 19.3 Å². The van der Waals surface area contributed by atoms with Crippen molar-refractivity contribution >= 4 is 0 Å². The molecule has 1 aromatic rings. The second kappa shape index (κ2) is 5.29. The van der Waals surface area contributed by atoms with Crippen LogP contribution in [0.4, 0.5) is 0 Å². The second-order valence-electron chi connectivity index (χ2n) is 3.56. The first-order valence-electron chi connectivity index (χ1n) is 4.91. The maximum atomic E-state index is 5.39. The summed E-state index contributed by atoms with van der Waals surface area (Å²) in [5.41, 5.74) is 1.34. The van der Waals surface area contributed by atoms with Gasteiger partial charge >= 0.3 is 0 Å². The van der Waals surface area contributed by atoms with E-state index in [1.165, 1.54) is 5.56 Å². The molecule has 2 unspecified atom stereocenters. The van der Waals surface area contributed by atoms with Crippen LogP contribution in [0.15, 0.2) is 43.0 Å². The van der Waals surface area contributed by atoms with Gasteiger partial charge in [-0.25, -0.2) is 0 Å². The Morgan fingerprint density at radius 2 is 2.07 bits per heavy atom. The molecule has 0 radical (unpaired) electrons. The summed E-state index contributed by atoms with van der Waals surface area (Å²) in [7, 11) is 0. The van der Waals surface area contributed by atoms with Crippen LogP contribution in [0.25, 0.3) is 0 Å². The molecule has 1 aromatic carbocycles. The summed E-state index contributed by atoms with van der Waals surface area (Å²) < 4.78 is 0. The van der Waals surface area contributed by atoms with E-state index in [1.54, 1.807) is 0 Å². The van der Waals surface area contributed by atoms with Crippen molar-refractivity contribution in [1.82, 2.24) is 0 Å². The van der Waals surface area contributed by atoms with Crippen LogP contribution in [0, 0.1) is 18.3 Å². The highest BCUT2D eigenvalue weighted by atomic mass is 14.1. The highest BCUT2D eigenvalue weighted by molar-refractivity contribution is 5.20. The Bertz CT molecular complexity index is 316. The van der Waals surface area contributed by atoms with Gasteiger partial charge in [0.2, 0.25) is 0 Å². The Kier molecular flexibility index (Phi) is 4.01. The molecule has 0 heteroatoms. The molecule has 14 heavy (non-hydrogen) atoms. The zero-order valence-corrected chi connectivity index (χ0v) is 8.61. The summed E-state index contributed by atoms with van der Waals surface area (Å²) in [6.07, 6.45) is 8.21. The Labute approximate surface area is 86.7 Å². The number of allylic oxidation sites excluding steroid dienone is 1. The van der Waals surface area contributed by atoms with Gasteiger partial charge in [-0.15, -0.1) is 13.0 Å². The summed E-state index contributed by atoms with van der Waals surface area (Å²) in [6.45, 7) is 5.93. The van der Waals surface area contributed by atoms with Crippen LogP contribution in [-0.2, 0) is 0 Å². The van der Waals surface area contributed by atoms with E-state index in [2.05, 4.69) is 43.7 Å². The topological polar surface area (TPSA) is 0 Å². The normalized spacial score (nSPS) is 14.0. The highest BCUT2D eigenvalue weighted by Gasteiger charge is 2.09. The molecule has 1 rings (SSSR count). The Hall–Kier alpha value is -1.48. The van der Waals surface area contributed by atoms with Crippen LogP contribution in [-0.4, -0.2) is 0 Å². The van der Waals surface area contributed by atoms with Gasteiger partial charge in [0.15, 0.2) is 0 Å². The van der Waals surface area contributed by atoms with Crippen molar-refractivity contribution in [3.05, 3.63) is 48.6 Å². The number of terminal acetylenes is 1. The lowest BCUT2D eigenvalue weighted by Crippen LogP contribution is -2.00. The number of benzene rings is 1. The van der Waals surface area contributed by atoms with Gasteiger partial charge in [-0.3, -0.25) is 0 Å². The van der Waals surface area contributed by atoms with Gasteiger partial charge in [-0.2, -0.15) is 0 Å². The van der Waals surface area contributed by atoms with Crippen molar-refractivity contribution in [3.63, 3.8) is 0 Å². The zero-order chi connectivity index (χ0) is 10.4. The maximum Gasteiger partial charge on any atom is 0.0383 e. The molecule has 0 aromatic heterocycles.